The minimum Gasteiger partial charge on any atom is -0.487 e. The van der Waals surface area contributed by atoms with Crippen LogP contribution in [0.2, 0.25) is 0 Å². The lowest BCUT2D eigenvalue weighted by atomic mass is 10.3. The van der Waals surface area contributed by atoms with Crippen molar-refractivity contribution in [1.29, 1.82) is 0 Å². The van der Waals surface area contributed by atoms with Crippen LogP contribution in [0.1, 0.15) is 5.69 Å². The molecule has 0 aliphatic heterocycles. The molecular formula is C18H16N6O. The number of anilines is 2. The van der Waals surface area contributed by atoms with Gasteiger partial charge in [-0.3, -0.25) is 9.67 Å². The molecule has 1 aromatic carbocycles. The highest BCUT2D eigenvalue weighted by Gasteiger charge is 2.08. The van der Waals surface area contributed by atoms with Crippen LogP contribution in [-0.4, -0.2) is 24.7 Å². The van der Waals surface area contributed by atoms with Gasteiger partial charge in [-0.05, 0) is 24.3 Å². The molecule has 0 amide bonds. The van der Waals surface area contributed by atoms with Crippen LogP contribution in [0, 0.1) is 0 Å². The van der Waals surface area contributed by atoms with Crippen molar-refractivity contribution < 1.29 is 4.74 Å². The Bertz CT molecular complexity index is 999. The van der Waals surface area contributed by atoms with Gasteiger partial charge in [-0.25, -0.2) is 9.97 Å². The van der Waals surface area contributed by atoms with Crippen LogP contribution in [0.3, 0.4) is 0 Å². The Balaban J connectivity index is 1.53. The van der Waals surface area contributed by atoms with Crippen molar-refractivity contribution in [1.82, 2.24) is 24.7 Å². The van der Waals surface area contributed by atoms with E-state index in [0.717, 1.165) is 28.2 Å². The molecule has 7 heteroatoms. The zero-order chi connectivity index (χ0) is 17.1. The summed E-state index contributed by atoms with van der Waals surface area (Å²) in [5, 5.41) is 8.39. The predicted molar refractivity (Wildman–Crippen MR) is 94.6 cm³/mol. The van der Waals surface area contributed by atoms with Crippen LogP contribution in [0.25, 0.3) is 11.0 Å². The lowest BCUT2D eigenvalue weighted by Gasteiger charge is -2.09. The molecule has 0 bridgehead atoms. The largest absolute Gasteiger partial charge is 0.487 e. The number of aryl methyl sites for hydroxylation is 1. The second-order valence-electron chi connectivity index (χ2n) is 5.49. The molecule has 25 heavy (non-hydrogen) atoms. The highest BCUT2D eigenvalue weighted by molar-refractivity contribution is 5.88. The second-order valence-corrected chi connectivity index (χ2v) is 5.49. The third-order valence-corrected chi connectivity index (χ3v) is 3.74. The number of aromatic nitrogens is 5. The van der Waals surface area contributed by atoms with Crippen LogP contribution in [-0.2, 0) is 13.7 Å². The maximum absolute atomic E-state index is 5.81. The molecule has 124 valence electrons. The van der Waals surface area contributed by atoms with E-state index < -0.39 is 0 Å². The van der Waals surface area contributed by atoms with Crippen molar-refractivity contribution in [3.8, 4) is 5.75 Å². The third-order valence-electron chi connectivity index (χ3n) is 3.74. The van der Waals surface area contributed by atoms with Crippen LogP contribution < -0.4 is 10.1 Å². The zero-order valence-electron chi connectivity index (χ0n) is 13.6. The summed E-state index contributed by atoms with van der Waals surface area (Å²) in [7, 11) is 1.85. The van der Waals surface area contributed by atoms with E-state index in [2.05, 4.69) is 25.4 Å². The van der Waals surface area contributed by atoms with Gasteiger partial charge in [-0.1, -0.05) is 12.1 Å². The summed E-state index contributed by atoms with van der Waals surface area (Å²) < 4.78 is 7.53. The molecule has 4 rings (SSSR count). The normalized spacial score (nSPS) is 10.8. The molecule has 0 radical (unpaired) electrons. The average molecular weight is 332 g/mol. The summed E-state index contributed by atoms with van der Waals surface area (Å²) in [4.78, 5) is 12.8. The monoisotopic (exact) mass is 332 g/mol. The number of benzene rings is 1. The van der Waals surface area contributed by atoms with Crippen LogP contribution in [0.4, 0.5) is 11.5 Å². The molecule has 4 aromatic rings. The van der Waals surface area contributed by atoms with Crippen molar-refractivity contribution >= 4 is 22.5 Å². The second kappa shape index (κ2) is 6.56. The Hall–Kier alpha value is -3.48. The fourth-order valence-electron chi connectivity index (χ4n) is 2.50. The van der Waals surface area contributed by atoms with Gasteiger partial charge in [-0.2, -0.15) is 5.10 Å². The van der Waals surface area contributed by atoms with Crippen LogP contribution >= 0.6 is 0 Å². The molecule has 3 aromatic heterocycles. The van der Waals surface area contributed by atoms with E-state index >= 15 is 0 Å². The average Bonchev–Trinajstić information content (AvgIpc) is 3.04. The van der Waals surface area contributed by atoms with Gasteiger partial charge in [0.05, 0.1) is 17.3 Å². The summed E-state index contributed by atoms with van der Waals surface area (Å²) in [5.41, 5.74) is 2.54. The van der Waals surface area contributed by atoms with Crippen molar-refractivity contribution in [2.24, 2.45) is 7.05 Å². The number of fused-ring (bicyclic) bond motifs is 1. The first-order chi connectivity index (χ1) is 12.3. The lowest BCUT2D eigenvalue weighted by Crippen LogP contribution is -1.99. The Labute approximate surface area is 144 Å². The van der Waals surface area contributed by atoms with Gasteiger partial charge < -0.3 is 10.1 Å². The molecule has 7 nitrogen and oxygen atoms in total. The smallest absolute Gasteiger partial charge is 0.163 e. The molecule has 0 atom stereocenters. The van der Waals surface area contributed by atoms with Gasteiger partial charge in [0.15, 0.2) is 5.65 Å². The Morgan fingerprint density at radius 1 is 1.08 bits per heavy atom. The van der Waals surface area contributed by atoms with Crippen molar-refractivity contribution in [3.63, 3.8) is 0 Å². The molecular weight excluding hydrogens is 316 g/mol. The van der Waals surface area contributed by atoms with E-state index in [9.17, 15) is 0 Å². The number of rotatable bonds is 5. The summed E-state index contributed by atoms with van der Waals surface area (Å²) in [5.74, 6) is 1.46. The van der Waals surface area contributed by atoms with Gasteiger partial charge in [0, 0.05) is 25.0 Å². The number of pyridine rings is 1. The quantitative estimate of drug-likeness (QED) is 0.605. The Morgan fingerprint density at radius 2 is 2.04 bits per heavy atom. The Morgan fingerprint density at radius 3 is 2.92 bits per heavy atom. The molecule has 3 heterocycles. The SMILES string of the molecule is Cn1ncc2c(Nc3cccc(OCc4ccccn4)c3)ncnc21. The number of nitrogens with one attached hydrogen (secondary N) is 1. The topological polar surface area (TPSA) is 77.8 Å². The zero-order valence-corrected chi connectivity index (χ0v) is 13.6. The van der Waals surface area contributed by atoms with E-state index in [1.165, 1.54) is 6.33 Å². The van der Waals surface area contributed by atoms with Gasteiger partial charge in [-0.15, -0.1) is 0 Å². The summed E-state index contributed by atoms with van der Waals surface area (Å²) in [6.07, 6.45) is 5.03. The molecule has 0 spiro atoms. The number of ether oxygens (including phenoxy) is 1. The first-order valence-corrected chi connectivity index (χ1v) is 7.82. The summed E-state index contributed by atoms with van der Waals surface area (Å²) in [6, 6.07) is 13.5. The third kappa shape index (κ3) is 3.25. The standard InChI is InChI=1S/C18H16N6O/c1-24-18-16(10-22-24)17(20-12-21-18)23-13-6-4-7-15(9-13)25-11-14-5-2-3-8-19-14/h2-10,12H,11H2,1H3,(H,20,21,23). The Kier molecular flexibility index (Phi) is 3.96. The van der Waals surface area contributed by atoms with Crippen LogP contribution in [0.5, 0.6) is 5.75 Å². The van der Waals surface area contributed by atoms with E-state index in [0.29, 0.717) is 12.4 Å². The fourth-order valence-corrected chi connectivity index (χ4v) is 2.50. The summed E-state index contributed by atoms with van der Waals surface area (Å²) >= 11 is 0. The fraction of sp³-hybridized carbons (Fsp3) is 0.111. The van der Waals surface area contributed by atoms with E-state index in [-0.39, 0.29) is 0 Å². The number of nitrogens with zero attached hydrogens (tertiary/aromatic N) is 5. The predicted octanol–water partition coefficient (Wildman–Crippen LogP) is 3.08. The number of hydrogen-bond acceptors (Lipinski definition) is 6. The first kappa shape index (κ1) is 15.1. The maximum atomic E-state index is 5.81. The van der Waals surface area contributed by atoms with Gasteiger partial charge in [0.2, 0.25) is 0 Å². The van der Waals surface area contributed by atoms with E-state index in [1.54, 1.807) is 17.1 Å². The van der Waals surface area contributed by atoms with Crippen molar-refractivity contribution in [3.05, 3.63) is 66.9 Å². The molecule has 0 aliphatic rings. The summed E-state index contributed by atoms with van der Waals surface area (Å²) in [6.45, 7) is 0.421. The van der Waals surface area contributed by atoms with Crippen molar-refractivity contribution in [2.75, 3.05) is 5.32 Å². The minimum absolute atomic E-state index is 0.421. The molecule has 0 aliphatic carbocycles. The number of hydrogen-bond donors (Lipinski definition) is 1. The molecule has 0 saturated heterocycles. The maximum Gasteiger partial charge on any atom is 0.163 e. The first-order valence-electron chi connectivity index (χ1n) is 7.82. The van der Waals surface area contributed by atoms with E-state index in [4.69, 9.17) is 4.74 Å². The molecule has 0 saturated carbocycles. The van der Waals surface area contributed by atoms with Gasteiger partial charge in [0.1, 0.15) is 24.5 Å². The highest BCUT2D eigenvalue weighted by atomic mass is 16.5. The van der Waals surface area contributed by atoms with Crippen LogP contribution in [0.15, 0.2) is 61.2 Å². The van der Waals surface area contributed by atoms with Crippen molar-refractivity contribution in [2.45, 2.75) is 6.61 Å². The minimum atomic E-state index is 0.421. The van der Waals surface area contributed by atoms with E-state index in [1.807, 2.05) is 49.5 Å². The molecule has 0 unspecified atom stereocenters. The van der Waals surface area contributed by atoms with Gasteiger partial charge >= 0.3 is 0 Å². The lowest BCUT2D eigenvalue weighted by molar-refractivity contribution is 0.301. The molecule has 1 N–H and O–H groups in total. The highest BCUT2D eigenvalue weighted by Crippen LogP contribution is 2.25. The molecule has 0 fully saturated rings. The van der Waals surface area contributed by atoms with Gasteiger partial charge in [0.25, 0.3) is 0 Å².